The number of thioether (sulfide) groups is 2. The molecular formula is C5H11NS2. The quantitative estimate of drug-likeness (QED) is 0.473. The van der Waals surface area contributed by atoms with Crippen molar-refractivity contribution in [1.29, 1.82) is 0 Å². The van der Waals surface area contributed by atoms with E-state index in [9.17, 15) is 0 Å². The van der Waals surface area contributed by atoms with Gasteiger partial charge in [0.2, 0.25) is 0 Å². The predicted octanol–water partition coefficient (Wildman–Crippen LogP) is 0.794. The Balaban J connectivity index is 1.74. The zero-order chi connectivity index (χ0) is 5.82. The molecule has 8 heavy (non-hydrogen) atoms. The van der Waals surface area contributed by atoms with Crippen LogP contribution in [-0.4, -0.2) is 29.1 Å². The summed E-state index contributed by atoms with van der Waals surface area (Å²) >= 11 is 4.04. The van der Waals surface area contributed by atoms with Crippen LogP contribution in [0.5, 0.6) is 0 Å². The number of hydrogen-bond acceptors (Lipinski definition) is 3. The Hall–Kier alpha value is 0.660. The van der Waals surface area contributed by atoms with Gasteiger partial charge in [0.1, 0.15) is 0 Å². The Labute approximate surface area is 58.8 Å². The zero-order valence-electron chi connectivity index (χ0n) is 4.80. The number of hydrogen-bond donors (Lipinski definition) is 1. The molecule has 1 aliphatic heterocycles. The van der Waals surface area contributed by atoms with Crippen LogP contribution >= 0.6 is 23.5 Å². The standard InChI is InChI=1S/C5H11NS2/c6-1-2-7-3-5-4-8-5/h5H,1-4,6H2. The average molecular weight is 149 g/mol. The van der Waals surface area contributed by atoms with E-state index in [1.54, 1.807) is 0 Å². The Morgan fingerprint density at radius 3 is 3.00 bits per heavy atom. The largest absolute Gasteiger partial charge is 0.330 e. The first-order valence-corrected chi connectivity index (χ1v) is 5.03. The van der Waals surface area contributed by atoms with Gasteiger partial charge >= 0.3 is 0 Å². The fourth-order valence-corrected chi connectivity index (χ4v) is 2.25. The van der Waals surface area contributed by atoms with Crippen molar-refractivity contribution in [1.82, 2.24) is 0 Å². The molecule has 0 aliphatic carbocycles. The van der Waals surface area contributed by atoms with E-state index in [2.05, 4.69) is 11.8 Å². The van der Waals surface area contributed by atoms with E-state index in [1.165, 1.54) is 11.5 Å². The van der Waals surface area contributed by atoms with Crippen molar-refractivity contribution in [3.63, 3.8) is 0 Å². The molecule has 3 heteroatoms. The maximum absolute atomic E-state index is 5.31. The van der Waals surface area contributed by atoms with Crippen LogP contribution in [0.3, 0.4) is 0 Å². The van der Waals surface area contributed by atoms with Crippen molar-refractivity contribution in [2.45, 2.75) is 5.25 Å². The van der Waals surface area contributed by atoms with Crippen LogP contribution in [0.15, 0.2) is 0 Å². The molecular weight excluding hydrogens is 138 g/mol. The van der Waals surface area contributed by atoms with Crippen LogP contribution in [0.25, 0.3) is 0 Å². The molecule has 1 aliphatic rings. The highest BCUT2D eigenvalue weighted by Gasteiger charge is 2.21. The van der Waals surface area contributed by atoms with Gasteiger partial charge < -0.3 is 5.73 Å². The highest BCUT2D eigenvalue weighted by molar-refractivity contribution is 8.08. The van der Waals surface area contributed by atoms with E-state index in [1.807, 2.05) is 11.8 Å². The summed E-state index contributed by atoms with van der Waals surface area (Å²) in [5.74, 6) is 3.84. The van der Waals surface area contributed by atoms with Crippen molar-refractivity contribution in [3.05, 3.63) is 0 Å². The van der Waals surface area contributed by atoms with E-state index < -0.39 is 0 Å². The van der Waals surface area contributed by atoms with Crippen LogP contribution in [0.1, 0.15) is 0 Å². The molecule has 1 unspecified atom stereocenters. The minimum atomic E-state index is 0.835. The molecule has 1 nitrogen and oxygen atoms in total. The number of rotatable bonds is 4. The summed E-state index contributed by atoms with van der Waals surface area (Å²) in [4.78, 5) is 0. The lowest BCUT2D eigenvalue weighted by atomic mass is 10.6. The summed E-state index contributed by atoms with van der Waals surface area (Å²) in [7, 11) is 0. The van der Waals surface area contributed by atoms with Crippen LogP contribution in [0, 0.1) is 0 Å². The molecule has 0 aromatic rings. The molecule has 0 radical (unpaired) electrons. The Morgan fingerprint density at radius 2 is 2.50 bits per heavy atom. The van der Waals surface area contributed by atoms with E-state index in [4.69, 9.17) is 5.73 Å². The highest BCUT2D eigenvalue weighted by Crippen LogP contribution is 2.32. The topological polar surface area (TPSA) is 26.0 Å². The van der Waals surface area contributed by atoms with Gasteiger partial charge in [-0.25, -0.2) is 0 Å². The average Bonchev–Trinajstić information content (AvgIpc) is 2.51. The third kappa shape index (κ3) is 2.84. The predicted molar refractivity (Wildman–Crippen MR) is 42.6 cm³/mol. The summed E-state index contributed by atoms with van der Waals surface area (Å²) in [5.41, 5.74) is 5.31. The van der Waals surface area contributed by atoms with E-state index >= 15 is 0 Å². The van der Waals surface area contributed by atoms with Gasteiger partial charge in [0.25, 0.3) is 0 Å². The molecule has 1 atom stereocenters. The monoisotopic (exact) mass is 149 g/mol. The molecule has 48 valence electrons. The second-order valence-electron chi connectivity index (χ2n) is 1.82. The Kier molecular flexibility index (Phi) is 3.08. The maximum Gasteiger partial charge on any atom is 0.0229 e. The molecule has 1 fully saturated rings. The van der Waals surface area contributed by atoms with Gasteiger partial charge in [0.15, 0.2) is 0 Å². The lowest BCUT2D eigenvalue weighted by Crippen LogP contribution is -2.02. The molecule has 1 saturated heterocycles. The first kappa shape index (κ1) is 6.78. The summed E-state index contributed by atoms with van der Waals surface area (Å²) in [6.45, 7) is 0.835. The molecule has 0 saturated carbocycles. The molecule has 1 heterocycles. The third-order valence-electron chi connectivity index (χ3n) is 0.968. The summed E-state index contributed by atoms with van der Waals surface area (Å²) in [6, 6.07) is 0. The van der Waals surface area contributed by atoms with Gasteiger partial charge in [-0.1, -0.05) is 0 Å². The third-order valence-corrected chi connectivity index (χ3v) is 3.31. The van der Waals surface area contributed by atoms with Crippen LogP contribution < -0.4 is 5.73 Å². The van der Waals surface area contributed by atoms with Crippen molar-refractivity contribution < 1.29 is 0 Å². The van der Waals surface area contributed by atoms with Crippen LogP contribution in [0.2, 0.25) is 0 Å². The smallest absolute Gasteiger partial charge is 0.0229 e. The zero-order valence-corrected chi connectivity index (χ0v) is 6.43. The number of nitrogens with two attached hydrogens (primary N) is 1. The molecule has 0 aromatic heterocycles. The second-order valence-corrected chi connectivity index (χ2v) is 4.30. The summed E-state index contributed by atoms with van der Waals surface area (Å²) in [6.07, 6.45) is 0. The minimum Gasteiger partial charge on any atom is -0.330 e. The fourth-order valence-electron chi connectivity index (χ4n) is 0.462. The first-order valence-electron chi connectivity index (χ1n) is 2.83. The SMILES string of the molecule is NCCSCC1CS1. The van der Waals surface area contributed by atoms with Gasteiger partial charge in [-0.3, -0.25) is 0 Å². The van der Waals surface area contributed by atoms with Crippen molar-refractivity contribution >= 4 is 23.5 Å². The van der Waals surface area contributed by atoms with Gasteiger partial charge in [-0.2, -0.15) is 23.5 Å². The van der Waals surface area contributed by atoms with Gasteiger partial charge in [-0.05, 0) is 0 Å². The maximum atomic E-state index is 5.31. The Morgan fingerprint density at radius 1 is 1.75 bits per heavy atom. The van der Waals surface area contributed by atoms with E-state index in [0.29, 0.717) is 0 Å². The second kappa shape index (κ2) is 3.64. The van der Waals surface area contributed by atoms with Crippen molar-refractivity contribution in [2.24, 2.45) is 5.73 Å². The summed E-state index contributed by atoms with van der Waals surface area (Å²) in [5, 5.41) is 0.978. The fraction of sp³-hybridized carbons (Fsp3) is 1.00. The molecule has 2 N–H and O–H groups in total. The molecule has 0 bridgehead atoms. The molecule has 1 rings (SSSR count). The highest BCUT2D eigenvalue weighted by atomic mass is 32.2. The van der Waals surface area contributed by atoms with Gasteiger partial charge in [-0.15, -0.1) is 0 Å². The van der Waals surface area contributed by atoms with Crippen LogP contribution in [-0.2, 0) is 0 Å². The lowest BCUT2D eigenvalue weighted by Gasteiger charge is -1.92. The molecule has 0 aromatic carbocycles. The van der Waals surface area contributed by atoms with Gasteiger partial charge in [0, 0.05) is 29.1 Å². The van der Waals surface area contributed by atoms with Crippen LogP contribution in [0.4, 0.5) is 0 Å². The summed E-state index contributed by atoms with van der Waals surface area (Å²) < 4.78 is 0. The minimum absolute atomic E-state index is 0.835. The molecule has 0 amide bonds. The normalized spacial score (nSPS) is 25.9. The van der Waals surface area contributed by atoms with E-state index in [-0.39, 0.29) is 0 Å². The molecule has 0 spiro atoms. The lowest BCUT2D eigenvalue weighted by molar-refractivity contribution is 1.14. The van der Waals surface area contributed by atoms with E-state index in [0.717, 1.165) is 17.5 Å². The van der Waals surface area contributed by atoms with Crippen molar-refractivity contribution in [2.75, 3.05) is 23.8 Å². The first-order chi connectivity index (χ1) is 3.93. The van der Waals surface area contributed by atoms with Gasteiger partial charge in [0.05, 0.1) is 0 Å². The Bertz CT molecular complexity index is 63.4. The van der Waals surface area contributed by atoms with Crippen molar-refractivity contribution in [3.8, 4) is 0 Å².